The molecule has 10 nitrogen and oxygen atoms in total. The minimum Gasteiger partial charge on any atom is -0.494 e. The van der Waals surface area contributed by atoms with Crippen LogP contribution < -0.4 is 28.4 Å². The molecule has 10 heteroatoms. The topological polar surface area (TPSA) is 115 Å². The summed E-state index contributed by atoms with van der Waals surface area (Å²) in [4.78, 5) is 25.5. The molecule has 0 saturated carbocycles. The average molecular weight is 919 g/mol. The molecule has 2 aliphatic rings. The Labute approximate surface area is 400 Å². The quantitative estimate of drug-likeness (QED) is 0.0238. The highest BCUT2D eigenvalue weighted by molar-refractivity contribution is 5.91. The summed E-state index contributed by atoms with van der Waals surface area (Å²) >= 11 is 0. The first-order valence-electron chi connectivity index (χ1n) is 23.8. The van der Waals surface area contributed by atoms with Gasteiger partial charge in [-0.15, -0.1) is 0 Å². The minimum absolute atomic E-state index is 0.176. The molecule has 2 unspecified atom stereocenters. The highest BCUT2D eigenvalue weighted by Crippen LogP contribution is 2.35. The largest absolute Gasteiger partial charge is 0.494 e. The van der Waals surface area contributed by atoms with E-state index in [9.17, 15) is 9.59 Å². The maximum Gasteiger partial charge on any atom is 0.343 e. The van der Waals surface area contributed by atoms with Crippen molar-refractivity contribution in [3.8, 4) is 34.5 Å². The molecule has 0 aromatic heterocycles. The summed E-state index contributed by atoms with van der Waals surface area (Å²) in [5, 5.41) is 0. The summed E-state index contributed by atoms with van der Waals surface area (Å²) in [7, 11) is 0. The van der Waals surface area contributed by atoms with Crippen molar-refractivity contribution >= 4 is 11.9 Å². The number of carbonyl (C=O) groups is 2. The fourth-order valence-electron chi connectivity index (χ4n) is 7.85. The zero-order valence-corrected chi connectivity index (χ0v) is 39.6. The van der Waals surface area contributed by atoms with E-state index in [2.05, 4.69) is 52.0 Å². The first kappa shape index (κ1) is 47.9. The highest BCUT2D eigenvalue weighted by Gasteiger charge is 2.26. The molecular formula is C58H62O10. The van der Waals surface area contributed by atoms with Gasteiger partial charge >= 0.3 is 11.9 Å². The molecule has 2 atom stereocenters. The van der Waals surface area contributed by atoms with Gasteiger partial charge in [0, 0.05) is 10.8 Å². The number of hydrogen-bond acceptors (Lipinski definition) is 10. The second-order valence-electron chi connectivity index (χ2n) is 18.5. The van der Waals surface area contributed by atoms with Crippen molar-refractivity contribution in [2.24, 2.45) is 0 Å². The van der Waals surface area contributed by atoms with Crippen LogP contribution in [-0.4, -0.2) is 63.8 Å². The number of epoxide rings is 2. The summed E-state index contributed by atoms with van der Waals surface area (Å²) in [6.45, 7) is 12.6. The van der Waals surface area contributed by atoms with Gasteiger partial charge in [0.05, 0.1) is 37.6 Å². The Hall–Kier alpha value is -6.62. The maximum atomic E-state index is 12.8. The van der Waals surface area contributed by atoms with Crippen LogP contribution in [0.4, 0.5) is 0 Å². The van der Waals surface area contributed by atoms with E-state index in [1.54, 1.807) is 48.5 Å². The summed E-state index contributed by atoms with van der Waals surface area (Å²) in [6, 6.07) is 46.0. The Morgan fingerprint density at radius 3 is 0.971 bits per heavy atom. The SMILES string of the molecule is CC(C)(c1ccc(OCCCCCCCCOc2ccc(C(C)(C)c3ccc(OC(=O)c4ccc(OCC5CO5)cc4)cc3)cc2)cc1)c1ccc(OC(=O)c2ccc(OCC3CO3)cc2)cc1. The number of esters is 2. The molecule has 0 spiro atoms. The number of benzene rings is 6. The van der Waals surface area contributed by atoms with Gasteiger partial charge in [0.15, 0.2) is 0 Å². The third-order valence-corrected chi connectivity index (χ3v) is 12.7. The molecule has 6 aromatic rings. The van der Waals surface area contributed by atoms with Crippen LogP contribution in [0.1, 0.15) is 109 Å². The van der Waals surface area contributed by atoms with E-state index in [1.807, 2.05) is 72.8 Å². The Morgan fingerprint density at radius 2 is 0.662 bits per heavy atom. The highest BCUT2D eigenvalue weighted by atomic mass is 16.6. The molecule has 0 N–H and O–H groups in total. The molecule has 2 heterocycles. The Balaban J connectivity index is 0.675. The third-order valence-electron chi connectivity index (χ3n) is 12.7. The second kappa shape index (κ2) is 22.5. The summed E-state index contributed by atoms with van der Waals surface area (Å²) < 4.78 is 45.1. The van der Waals surface area contributed by atoms with Crippen molar-refractivity contribution in [3.05, 3.63) is 179 Å². The minimum atomic E-state index is -0.415. The van der Waals surface area contributed by atoms with E-state index in [1.165, 1.54) is 24.0 Å². The molecule has 0 aliphatic carbocycles. The van der Waals surface area contributed by atoms with E-state index >= 15 is 0 Å². The van der Waals surface area contributed by atoms with Crippen LogP contribution in [0.2, 0.25) is 0 Å². The Kier molecular flexibility index (Phi) is 15.8. The van der Waals surface area contributed by atoms with E-state index in [4.69, 9.17) is 37.9 Å². The van der Waals surface area contributed by atoms with Crippen LogP contribution in [0.5, 0.6) is 34.5 Å². The van der Waals surface area contributed by atoms with Crippen LogP contribution in [0.25, 0.3) is 0 Å². The van der Waals surface area contributed by atoms with Crippen molar-refractivity contribution in [1.29, 1.82) is 0 Å². The fraction of sp³-hybridized carbons (Fsp3) is 0.345. The van der Waals surface area contributed by atoms with Gasteiger partial charge in [0.25, 0.3) is 0 Å². The Morgan fingerprint density at radius 1 is 0.397 bits per heavy atom. The van der Waals surface area contributed by atoms with Crippen molar-refractivity contribution in [2.45, 2.75) is 89.3 Å². The number of unbranched alkanes of at least 4 members (excludes halogenated alkanes) is 5. The third kappa shape index (κ3) is 13.5. The zero-order chi connectivity index (χ0) is 47.4. The molecule has 2 aliphatic heterocycles. The molecular weight excluding hydrogens is 857 g/mol. The van der Waals surface area contributed by atoms with Crippen LogP contribution >= 0.6 is 0 Å². The van der Waals surface area contributed by atoms with Crippen molar-refractivity contribution in [1.82, 2.24) is 0 Å². The number of carbonyl (C=O) groups excluding carboxylic acids is 2. The molecule has 8 rings (SSSR count). The van der Waals surface area contributed by atoms with Crippen molar-refractivity contribution in [2.75, 3.05) is 39.6 Å². The average Bonchev–Trinajstić information content (AvgIpc) is 4.31. The first-order valence-corrected chi connectivity index (χ1v) is 23.8. The van der Waals surface area contributed by atoms with Crippen molar-refractivity contribution < 1.29 is 47.5 Å². The van der Waals surface area contributed by atoms with Gasteiger partial charge in [0.1, 0.15) is 59.9 Å². The second-order valence-corrected chi connectivity index (χ2v) is 18.5. The van der Waals surface area contributed by atoms with Crippen LogP contribution in [0.3, 0.4) is 0 Å². The van der Waals surface area contributed by atoms with Crippen LogP contribution in [-0.2, 0) is 20.3 Å². The van der Waals surface area contributed by atoms with Gasteiger partial charge in [-0.1, -0.05) is 102 Å². The van der Waals surface area contributed by atoms with Gasteiger partial charge in [-0.25, -0.2) is 9.59 Å². The lowest BCUT2D eigenvalue weighted by Gasteiger charge is -2.26. The van der Waals surface area contributed by atoms with Gasteiger partial charge in [-0.2, -0.15) is 0 Å². The normalized spacial score (nSPS) is 15.2. The molecule has 0 radical (unpaired) electrons. The summed E-state index contributed by atoms with van der Waals surface area (Å²) in [6.07, 6.45) is 6.97. The molecule has 2 saturated heterocycles. The molecule has 0 bridgehead atoms. The lowest BCUT2D eigenvalue weighted by molar-refractivity contribution is 0.0725. The van der Waals surface area contributed by atoms with Gasteiger partial charge < -0.3 is 37.9 Å². The standard InChI is InChI=1S/C58H62O10/c1-57(2,45-19-31-51(32-20-45)67-55(59)41-11-23-49(24-12-41)63-37-53-39-65-53)43-15-27-47(28-16-43)61-35-9-7-5-6-8-10-36-62-48-29-17-44(18-30-48)58(3,4)46-21-33-52(34-22-46)68-56(60)42-13-25-50(26-14-42)64-38-54-40-66-54/h11-34,53-54H,5-10,35-40H2,1-4H3. The Bertz CT molecular complexity index is 2340. The van der Waals surface area contributed by atoms with Crippen LogP contribution in [0.15, 0.2) is 146 Å². The number of hydrogen-bond donors (Lipinski definition) is 0. The fourth-order valence-corrected chi connectivity index (χ4v) is 7.85. The van der Waals surface area contributed by atoms with Crippen LogP contribution in [0, 0.1) is 0 Å². The lowest BCUT2D eigenvalue weighted by atomic mass is 9.78. The number of ether oxygens (including phenoxy) is 8. The van der Waals surface area contributed by atoms with Gasteiger partial charge in [0.2, 0.25) is 0 Å². The molecule has 6 aromatic carbocycles. The molecule has 68 heavy (non-hydrogen) atoms. The van der Waals surface area contributed by atoms with Crippen molar-refractivity contribution in [3.63, 3.8) is 0 Å². The van der Waals surface area contributed by atoms with E-state index in [0.29, 0.717) is 60.6 Å². The van der Waals surface area contributed by atoms with Gasteiger partial charge in [-0.05, 0) is 132 Å². The van der Waals surface area contributed by atoms with E-state index in [0.717, 1.165) is 61.5 Å². The van der Waals surface area contributed by atoms with E-state index in [-0.39, 0.29) is 23.0 Å². The molecule has 354 valence electrons. The monoisotopic (exact) mass is 918 g/mol. The van der Waals surface area contributed by atoms with Gasteiger partial charge in [-0.3, -0.25) is 0 Å². The predicted molar refractivity (Wildman–Crippen MR) is 262 cm³/mol. The first-order chi connectivity index (χ1) is 33.0. The zero-order valence-electron chi connectivity index (χ0n) is 39.6. The maximum absolute atomic E-state index is 12.8. The number of rotatable bonds is 25. The molecule has 0 amide bonds. The molecule has 2 fully saturated rings. The summed E-state index contributed by atoms with van der Waals surface area (Å²) in [5.41, 5.74) is 4.96. The van der Waals surface area contributed by atoms with E-state index < -0.39 is 11.9 Å². The smallest absolute Gasteiger partial charge is 0.343 e. The summed E-state index contributed by atoms with van der Waals surface area (Å²) in [5.74, 6) is 3.29. The lowest BCUT2D eigenvalue weighted by Crippen LogP contribution is -2.19. The predicted octanol–water partition coefficient (Wildman–Crippen LogP) is 12.1.